The van der Waals surface area contributed by atoms with Crippen LogP contribution >= 0.6 is 0 Å². The van der Waals surface area contributed by atoms with Gasteiger partial charge in [0.2, 0.25) is 0 Å². The van der Waals surface area contributed by atoms with E-state index in [1.54, 1.807) is 23.1 Å². The number of nitrogens with zero attached hydrogens (tertiary/aromatic N) is 4. The van der Waals surface area contributed by atoms with Gasteiger partial charge >= 0.3 is 6.03 Å². The molecule has 126 valence electrons. The van der Waals surface area contributed by atoms with Crippen LogP contribution in [0.3, 0.4) is 0 Å². The Morgan fingerprint density at radius 3 is 2.74 bits per heavy atom. The van der Waals surface area contributed by atoms with Crippen molar-refractivity contribution in [1.29, 1.82) is 0 Å². The highest BCUT2D eigenvalue weighted by atomic mass is 16.2. The lowest BCUT2D eigenvalue weighted by atomic mass is 10.1. The van der Waals surface area contributed by atoms with Crippen molar-refractivity contribution in [1.82, 2.24) is 24.6 Å². The quantitative estimate of drug-likeness (QED) is 0.824. The number of hydrogen-bond acceptors (Lipinski definition) is 3. The molecule has 23 heavy (non-hydrogen) atoms. The van der Waals surface area contributed by atoms with Crippen LogP contribution in [0.1, 0.15) is 45.5 Å². The molecule has 0 spiro atoms. The summed E-state index contributed by atoms with van der Waals surface area (Å²) in [6, 6.07) is 1.45. The highest BCUT2D eigenvalue weighted by Crippen LogP contribution is 2.17. The van der Waals surface area contributed by atoms with Gasteiger partial charge in [-0.25, -0.2) is 14.5 Å². The fraction of sp³-hybridized carbons (Fsp3) is 0.562. The van der Waals surface area contributed by atoms with Gasteiger partial charge in [0, 0.05) is 32.1 Å². The van der Waals surface area contributed by atoms with Crippen LogP contribution in [-0.4, -0.2) is 25.4 Å². The Kier molecular flexibility index (Phi) is 5.78. The van der Waals surface area contributed by atoms with Gasteiger partial charge in [-0.1, -0.05) is 27.2 Å². The van der Waals surface area contributed by atoms with Crippen molar-refractivity contribution in [3.63, 3.8) is 0 Å². The fourth-order valence-electron chi connectivity index (χ4n) is 2.51. The predicted octanol–water partition coefficient (Wildman–Crippen LogP) is 2.94. The summed E-state index contributed by atoms with van der Waals surface area (Å²) in [5.41, 5.74) is 0. The molecule has 2 aromatic heterocycles. The number of aromatic nitrogens is 4. The van der Waals surface area contributed by atoms with E-state index in [2.05, 4.69) is 41.5 Å². The monoisotopic (exact) mass is 318 g/mol. The third-order valence-corrected chi connectivity index (χ3v) is 3.55. The number of aryl methyl sites for hydroxylation is 1. The van der Waals surface area contributed by atoms with Crippen molar-refractivity contribution in [2.75, 3.05) is 5.32 Å². The molecular weight excluding hydrogens is 292 g/mol. The van der Waals surface area contributed by atoms with Crippen molar-refractivity contribution >= 4 is 11.8 Å². The number of rotatable bonds is 7. The molecule has 2 rings (SSSR count). The molecule has 7 heteroatoms. The van der Waals surface area contributed by atoms with Crippen LogP contribution in [0, 0.1) is 5.92 Å². The maximum absolute atomic E-state index is 12.3. The van der Waals surface area contributed by atoms with Gasteiger partial charge in [-0.3, -0.25) is 5.32 Å². The number of hydrogen-bond donors (Lipinski definition) is 2. The molecule has 0 aromatic carbocycles. The van der Waals surface area contributed by atoms with E-state index < -0.39 is 0 Å². The topological polar surface area (TPSA) is 76.8 Å². The number of amides is 2. The van der Waals surface area contributed by atoms with Crippen molar-refractivity contribution in [3.8, 4) is 0 Å². The summed E-state index contributed by atoms with van der Waals surface area (Å²) in [4.78, 5) is 16.7. The molecule has 2 heterocycles. The summed E-state index contributed by atoms with van der Waals surface area (Å²) in [6.45, 7) is 7.08. The second-order valence-corrected chi connectivity index (χ2v) is 6.13. The van der Waals surface area contributed by atoms with E-state index in [-0.39, 0.29) is 12.1 Å². The third-order valence-electron chi connectivity index (χ3n) is 3.55. The molecule has 0 aliphatic carbocycles. The summed E-state index contributed by atoms with van der Waals surface area (Å²) >= 11 is 0. The van der Waals surface area contributed by atoms with Gasteiger partial charge in [0.05, 0.1) is 12.2 Å². The zero-order valence-corrected chi connectivity index (χ0v) is 14.3. The highest BCUT2D eigenvalue weighted by molar-refractivity contribution is 5.88. The number of carbonyl (C=O) groups is 1. The van der Waals surface area contributed by atoms with Crippen LogP contribution in [0.15, 0.2) is 24.7 Å². The molecule has 1 atom stereocenters. The summed E-state index contributed by atoms with van der Waals surface area (Å²) in [7, 11) is 1.93. The first kappa shape index (κ1) is 17.1. The molecule has 0 bridgehead atoms. The molecule has 0 aliphatic heterocycles. The van der Waals surface area contributed by atoms with E-state index in [1.807, 2.05) is 17.8 Å². The number of urea groups is 1. The Labute approximate surface area is 137 Å². The van der Waals surface area contributed by atoms with Crippen molar-refractivity contribution in [2.45, 2.75) is 46.2 Å². The highest BCUT2D eigenvalue weighted by Gasteiger charge is 2.18. The van der Waals surface area contributed by atoms with Gasteiger partial charge in [0.1, 0.15) is 11.6 Å². The SMILES string of the molecule is CCC[C@H](NC(=O)Nc1ccnn1CC(C)C)c1nccn1C. The van der Waals surface area contributed by atoms with E-state index in [0.717, 1.165) is 25.2 Å². The predicted molar refractivity (Wildman–Crippen MR) is 90.1 cm³/mol. The molecule has 2 N–H and O–H groups in total. The van der Waals surface area contributed by atoms with Gasteiger partial charge < -0.3 is 9.88 Å². The molecule has 7 nitrogen and oxygen atoms in total. The van der Waals surface area contributed by atoms with Crippen LogP contribution in [0.5, 0.6) is 0 Å². The lowest BCUT2D eigenvalue weighted by Gasteiger charge is -2.19. The van der Waals surface area contributed by atoms with Gasteiger partial charge in [-0.15, -0.1) is 0 Å². The fourth-order valence-corrected chi connectivity index (χ4v) is 2.51. The molecule has 0 saturated heterocycles. The second-order valence-electron chi connectivity index (χ2n) is 6.13. The van der Waals surface area contributed by atoms with Gasteiger partial charge in [-0.05, 0) is 12.3 Å². The van der Waals surface area contributed by atoms with Crippen LogP contribution < -0.4 is 10.6 Å². The van der Waals surface area contributed by atoms with Crippen LogP contribution in [-0.2, 0) is 13.6 Å². The lowest BCUT2D eigenvalue weighted by molar-refractivity contribution is 0.246. The van der Waals surface area contributed by atoms with Crippen molar-refractivity contribution < 1.29 is 4.79 Å². The minimum atomic E-state index is -0.239. The average Bonchev–Trinajstić information content (AvgIpc) is 3.07. The maximum Gasteiger partial charge on any atom is 0.320 e. The molecule has 0 unspecified atom stereocenters. The molecule has 2 aromatic rings. The largest absolute Gasteiger partial charge is 0.336 e. The summed E-state index contributed by atoms with van der Waals surface area (Å²) in [5.74, 6) is 2.02. The van der Waals surface area contributed by atoms with Gasteiger partial charge in [0.25, 0.3) is 0 Å². The molecule has 0 radical (unpaired) electrons. The molecule has 2 amide bonds. The standard InChI is InChI=1S/C16H26N6O/c1-5-6-13(15-17-9-10-21(15)4)19-16(23)20-14-7-8-18-22(14)11-12(2)3/h7-10,12-13H,5-6,11H2,1-4H3,(H2,19,20,23)/t13-/m0/s1. The summed E-state index contributed by atoms with van der Waals surface area (Å²) in [6.07, 6.45) is 7.12. The Balaban J connectivity index is 2.02. The van der Waals surface area contributed by atoms with Gasteiger partial charge in [0.15, 0.2) is 0 Å². The molecule has 0 saturated carbocycles. The minimum Gasteiger partial charge on any atom is -0.336 e. The van der Waals surface area contributed by atoms with E-state index >= 15 is 0 Å². The Morgan fingerprint density at radius 2 is 2.13 bits per heavy atom. The zero-order chi connectivity index (χ0) is 16.8. The van der Waals surface area contributed by atoms with Crippen LogP contribution in [0.2, 0.25) is 0 Å². The third kappa shape index (κ3) is 4.58. The summed E-state index contributed by atoms with van der Waals surface area (Å²) < 4.78 is 3.74. The average molecular weight is 318 g/mol. The summed E-state index contributed by atoms with van der Waals surface area (Å²) in [5, 5.41) is 10.1. The molecule has 0 fully saturated rings. The maximum atomic E-state index is 12.3. The Bertz CT molecular complexity index is 630. The van der Waals surface area contributed by atoms with E-state index in [0.29, 0.717) is 11.7 Å². The van der Waals surface area contributed by atoms with Gasteiger partial charge in [-0.2, -0.15) is 5.10 Å². The zero-order valence-electron chi connectivity index (χ0n) is 14.3. The smallest absolute Gasteiger partial charge is 0.320 e. The normalized spacial score (nSPS) is 12.4. The van der Waals surface area contributed by atoms with Crippen LogP contribution in [0.4, 0.5) is 10.6 Å². The first-order chi connectivity index (χ1) is 11.0. The first-order valence-corrected chi connectivity index (χ1v) is 8.07. The van der Waals surface area contributed by atoms with E-state index in [9.17, 15) is 4.79 Å². The van der Waals surface area contributed by atoms with Crippen molar-refractivity contribution in [2.24, 2.45) is 13.0 Å². The van der Waals surface area contributed by atoms with Crippen molar-refractivity contribution in [3.05, 3.63) is 30.5 Å². The van der Waals surface area contributed by atoms with E-state index in [1.165, 1.54) is 0 Å². The van der Waals surface area contributed by atoms with E-state index in [4.69, 9.17) is 0 Å². The molecule has 0 aliphatic rings. The molecular formula is C16H26N6O. The first-order valence-electron chi connectivity index (χ1n) is 8.07. The number of imidazole rings is 1. The number of carbonyl (C=O) groups excluding carboxylic acids is 1. The van der Waals surface area contributed by atoms with Crippen LogP contribution in [0.25, 0.3) is 0 Å². The minimum absolute atomic E-state index is 0.110. The number of nitrogens with one attached hydrogen (secondary N) is 2. The Morgan fingerprint density at radius 1 is 1.35 bits per heavy atom. The lowest BCUT2D eigenvalue weighted by Crippen LogP contribution is -2.34. The second kappa shape index (κ2) is 7.80. The number of anilines is 1. The Hall–Kier alpha value is -2.31.